The Labute approximate surface area is 130 Å². The monoisotopic (exact) mass is 292 g/mol. The third-order valence-electron chi connectivity index (χ3n) is 4.24. The highest BCUT2D eigenvalue weighted by Crippen LogP contribution is 2.39. The van der Waals surface area contributed by atoms with Crippen molar-refractivity contribution in [3.05, 3.63) is 88.5 Å². The van der Waals surface area contributed by atoms with Gasteiger partial charge >= 0.3 is 0 Å². The van der Waals surface area contributed by atoms with Crippen LogP contribution in [0.2, 0.25) is 0 Å². The molecule has 0 saturated heterocycles. The summed E-state index contributed by atoms with van der Waals surface area (Å²) in [6.45, 7) is 5.96. The van der Waals surface area contributed by atoms with E-state index in [1.165, 1.54) is 0 Å². The normalized spacial score (nSPS) is 11.6. The zero-order valence-electron chi connectivity index (χ0n) is 13.1. The van der Waals surface area contributed by atoms with Crippen LogP contribution in [0.25, 0.3) is 0 Å². The second-order valence-corrected chi connectivity index (χ2v) is 5.72. The number of aryl methyl sites for hydroxylation is 3. The first kappa shape index (κ1) is 14.5. The number of H-pyrrole nitrogens is 1. The van der Waals surface area contributed by atoms with Gasteiger partial charge in [-0.05, 0) is 43.0 Å². The van der Waals surface area contributed by atoms with Crippen molar-refractivity contribution in [3.8, 4) is 0 Å². The van der Waals surface area contributed by atoms with Crippen LogP contribution >= 0.6 is 0 Å². The molecule has 0 bridgehead atoms. The number of nitrogens with zero attached hydrogens (tertiary/aromatic N) is 1. The van der Waals surface area contributed by atoms with E-state index in [2.05, 4.69) is 9.97 Å². The quantitative estimate of drug-likeness (QED) is 0.774. The molecule has 112 valence electrons. The van der Waals surface area contributed by atoms with E-state index in [1.807, 2.05) is 69.3 Å². The van der Waals surface area contributed by atoms with E-state index in [0.717, 1.165) is 27.9 Å². The molecule has 1 aromatic heterocycles. The number of benzene rings is 2. The van der Waals surface area contributed by atoms with E-state index in [4.69, 9.17) is 0 Å². The molecule has 3 nitrogen and oxygen atoms in total. The molecular weight excluding hydrogens is 272 g/mol. The van der Waals surface area contributed by atoms with Crippen LogP contribution in [-0.4, -0.2) is 15.1 Å². The number of aromatic amines is 1. The van der Waals surface area contributed by atoms with E-state index >= 15 is 0 Å². The minimum Gasteiger partial charge on any atom is -0.374 e. The largest absolute Gasteiger partial charge is 0.374 e. The predicted octanol–water partition coefficient (Wildman–Crippen LogP) is 3.62. The van der Waals surface area contributed by atoms with Gasteiger partial charge in [0.2, 0.25) is 0 Å². The molecular formula is C19H20N2O. The van der Waals surface area contributed by atoms with E-state index in [9.17, 15) is 5.11 Å². The Bertz CT molecular complexity index is 759. The summed E-state index contributed by atoms with van der Waals surface area (Å²) in [5.74, 6) is 0. The molecule has 3 aromatic rings. The van der Waals surface area contributed by atoms with Crippen molar-refractivity contribution < 1.29 is 5.11 Å². The Kier molecular flexibility index (Phi) is 3.59. The molecule has 0 atom stereocenters. The third kappa shape index (κ3) is 2.14. The summed E-state index contributed by atoms with van der Waals surface area (Å²) in [6, 6.07) is 15.8. The smallest absolute Gasteiger partial charge is 0.159 e. The Balaban J connectivity index is 2.36. The van der Waals surface area contributed by atoms with Crippen molar-refractivity contribution in [2.24, 2.45) is 0 Å². The third-order valence-corrected chi connectivity index (χ3v) is 4.24. The highest BCUT2D eigenvalue weighted by molar-refractivity contribution is 5.50. The predicted molar refractivity (Wildman–Crippen MR) is 87.8 cm³/mol. The van der Waals surface area contributed by atoms with Crippen LogP contribution in [0.4, 0.5) is 0 Å². The maximum absolute atomic E-state index is 11.8. The number of rotatable bonds is 3. The van der Waals surface area contributed by atoms with Gasteiger partial charge in [-0.15, -0.1) is 0 Å². The number of nitrogens with one attached hydrogen (secondary N) is 1. The molecule has 2 aromatic carbocycles. The lowest BCUT2D eigenvalue weighted by Gasteiger charge is -2.31. The fraction of sp³-hybridized carbons (Fsp3) is 0.211. The Hall–Kier alpha value is -2.39. The molecule has 0 spiro atoms. The van der Waals surface area contributed by atoms with Gasteiger partial charge in [0.05, 0.1) is 6.33 Å². The van der Waals surface area contributed by atoms with Crippen molar-refractivity contribution in [2.45, 2.75) is 26.4 Å². The van der Waals surface area contributed by atoms with Crippen molar-refractivity contribution in [1.29, 1.82) is 0 Å². The van der Waals surface area contributed by atoms with Crippen LogP contribution in [0.15, 0.2) is 54.9 Å². The van der Waals surface area contributed by atoms with Crippen LogP contribution < -0.4 is 0 Å². The molecule has 2 N–H and O–H groups in total. The van der Waals surface area contributed by atoms with Crippen molar-refractivity contribution in [1.82, 2.24) is 9.97 Å². The van der Waals surface area contributed by atoms with E-state index in [0.29, 0.717) is 5.69 Å². The molecule has 0 unspecified atom stereocenters. The Morgan fingerprint density at radius 2 is 1.36 bits per heavy atom. The van der Waals surface area contributed by atoms with Crippen LogP contribution in [0.3, 0.4) is 0 Å². The Morgan fingerprint density at radius 1 is 0.864 bits per heavy atom. The van der Waals surface area contributed by atoms with Gasteiger partial charge < -0.3 is 10.1 Å². The maximum Gasteiger partial charge on any atom is 0.159 e. The molecule has 0 saturated carbocycles. The lowest BCUT2D eigenvalue weighted by atomic mass is 9.79. The Morgan fingerprint density at radius 3 is 1.77 bits per heavy atom. The second-order valence-electron chi connectivity index (χ2n) is 5.72. The lowest BCUT2D eigenvalue weighted by molar-refractivity contribution is 0.119. The fourth-order valence-corrected chi connectivity index (χ4v) is 3.08. The zero-order chi connectivity index (χ0) is 15.7. The van der Waals surface area contributed by atoms with Gasteiger partial charge in [-0.1, -0.05) is 48.5 Å². The fourth-order valence-electron chi connectivity index (χ4n) is 3.08. The highest BCUT2D eigenvalue weighted by Gasteiger charge is 2.39. The molecule has 0 aliphatic rings. The average Bonchev–Trinajstić information content (AvgIpc) is 2.94. The molecule has 22 heavy (non-hydrogen) atoms. The molecule has 0 fully saturated rings. The molecule has 3 rings (SSSR count). The minimum absolute atomic E-state index is 0.649. The molecule has 0 aliphatic heterocycles. The van der Waals surface area contributed by atoms with Crippen LogP contribution in [0.1, 0.15) is 33.6 Å². The summed E-state index contributed by atoms with van der Waals surface area (Å²) < 4.78 is 0. The number of aliphatic hydroxyl groups is 1. The van der Waals surface area contributed by atoms with Crippen LogP contribution in [0, 0.1) is 20.8 Å². The first-order chi connectivity index (χ1) is 10.5. The number of hydrogen-bond donors (Lipinski definition) is 2. The second kappa shape index (κ2) is 5.43. The van der Waals surface area contributed by atoms with Crippen molar-refractivity contribution in [3.63, 3.8) is 0 Å². The van der Waals surface area contributed by atoms with Gasteiger partial charge in [0.15, 0.2) is 5.60 Å². The molecule has 0 radical (unpaired) electrons. The number of hydrogen-bond acceptors (Lipinski definition) is 2. The minimum atomic E-state index is -1.26. The van der Waals surface area contributed by atoms with Gasteiger partial charge in [0.1, 0.15) is 5.69 Å². The maximum atomic E-state index is 11.8. The molecule has 0 amide bonds. The van der Waals surface area contributed by atoms with Crippen LogP contribution in [-0.2, 0) is 5.60 Å². The number of imidazole rings is 1. The van der Waals surface area contributed by atoms with Gasteiger partial charge in [0, 0.05) is 5.69 Å². The van der Waals surface area contributed by atoms with E-state index in [-0.39, 0.29) is 0 Å². The molecule has 3 heteroatoms. The SMILES string of the molecule is Cc1ccccc1C(O)(c1ccccc1C)c1nc[nH]c1C. The van der Waals surface area contributed by atoms with Gasteiger partial charge in [-0.3, -0.25) is 0 Å². The summed E-state index contributed by atoms with van der Waals surface area (Å²) in [4.78, 5) is 7.50. The van der Waals surface area contributed by atoms with Crippen molar-refractivity contribution >= 4 is 0 Å². The van der Waals surface area contributed by atoms with Gasteiger partial charge in [-0.25, -0.2) is 4.98 Å². The van der Waals surface area contributed by atoms with Crippen molar-refractivity contribution in [2.75, 3.05) is 0 Å². The zero-order valence-corrected chi connectivity index (χ0v) is 13.1. The molecule has 1 heterocycles. The van der Waals surface area contributed by atoms with E-state index < -0.39 is 5.60 Å². The van der Waals surface area contributed by atoms with Gasteiger partial charge in [0.25, 0.3) is 0 Å². The summed E-state index contributed by atoms with van der Waals surface area (Å²) in [6.07, 6.45) is 1.63. The topological polar surface area (TPSA) is 48.9 Å². The summed E-state index contributed by atoms with van der Waals surface area (Å²) in [7, 11) is 0. The average molecular weight is 292 g/mol. The highest BCUT2D eigenvalue weighted by atomic mass is 16.3. The number of aromatic nitrogens is 2. The summed E-state index contributed by atoms with van der Waals surface area (Å²) >= 11 is 0. The van der Waals surface area contributed by atoms with Crippen LogP contribution in [0.5, 0.6) is 0 Å². The first-order valence-corrected chi connectivity index (χ1v) is 7.40. The summed E-state index contributed by atoms with van der Waals surface area (Å²) in [5.41, 5.74) is 4.05. The molecule has 0 aliphatic carbocycles. The van der Waals surface area contributed by atoms with E-state index in [1.54, 1.807) is 6.33 Å². The van der Waals surface area contributed by atoms with Gasteiger partial charge in [-0.2, -0.15) is 0 Å². The first-order valence-electron chi connectivity index (χ1n) is 7.40. The standard InChI is InChI=1S/C19H20N2O/c1-13-8-4-6-10-16(13)19(22,18-15(3)20-12-21-18)17-11-7-5-9-14(17)2/h4-12,22H,1-3H3,(H,20,21). The lowest BCUT2D eigenvalue weighted by Crippen LogP contribution is -2.32. The summed E-state index contributed by atoms with van der Waals surface area (Å²) in [5, 5.41) is 11.8.